The van der Waals surface area contributed by atoms with Crippen molar-refractivity contribution < 1.29 is 9.53 Å². The molecule has 0 saturated carbocycles. The molecule has 0 fully saturated rings. The van der Waals surface area contributed by atoms with Crippen LogP contribution in [0.1, 0.15) is 27.0 Å². The number of carbonyl (C=O) groups is 1. The summed E-state index contributed by atoms with van der Waals surface area (Å²) >= 11 is 0. The molecule has 0 amide bonds. The minimum Gasteiger partial charge on any atom is -0.496 e. The van der Waals surface area contributed by atoms with Gasteiger partial charge in [0.15, 0.2) is 5.78 Å². The number of carbonyl (C=O) groups excluding carboxylic acids is 1. The molecule has 0 spiro atoms. The summed E-state index contributed by atoms with van der Waals surface area (Å²) in [6.07, 6.45) is 1.76. The second-order valence-electron chi connectivity index (χ2n) is 5.29. The number of rotatable bonds is 3. The minimum atomic E-state index is 0.0116. The molecule has 0 aliphatic rings. The zero-order chi connectivity index (χ0) is 15.0. The van der Waals surface area contributed by atoms with Gasteiger partial charge in [0.25, 0.3) is 0 Å². The first-order chi connectivity index (χ1) is 10.1. The van der Waals surface area contributed by atoms with E-state index in [1.807, 2.05) is 44.2 Å². The average molecular weight is 279 g/mol. The Bertz CT molecular complexity index is 810. The van der Waals surface area contributed by atoms with Crippen LogP contribution in [0.4, 0.5) is 0 Å². The largest absolute Gasteiger partial charge is 0.496 e. The predicted octanol–water partition coefficient (Wildman–Crippen LogP) is 4.02. The Morgan fingerprint density at radius 3 is 2.48 bits per heavy atom. The van der Waals surface area contributed by atoms with E-state index in [1.165, 1.54) is 0 Å². The standard InChI is InChI=1S/C18H17NO2/c1-11-7-12(2)9-13(8-11)18(20)14-10-19-15-5-4-6-16(21-3)17(14)15/h4-10,19H,1-3H3. The van der Waals surface area contributed by atoms with Gasteiger partial charge >= 0.3 is 0 Å². The van der Waals surface area contributed by atoms with E-state index in [-0.39, 0.29) is 5.78 Å². The van der Waals surface area contributed by atoms with Gasteiger partial charge in [-0.05, 0) is 38.1 Å². The summed E-state index contributed by atoms with van der Waals surface area (Å²) in [7, 11) is 1.62. The molecule has 0 aliphatic carbocycles. The van der Waals surface area contributed by atoms with Crippen LogP contribution in [-0.2, 0) is 0 Å². The van der Waals surface area contributed by atoms with Crippen LogP contribution < -0.4 is 4.74 Å². The molecule has 3 nitrogen and oxygen atoms in total. The summed E-state index contributed by atoms with van der Waals surface area (Å²) in [6, 6.07) is 11.6. The highest BCUT2D eigenvalue weighted by Crippen LogP contribution is 2.30. The summed E-state index contributed by atoms with van der Waals surface area (Å²) in [5.41, 5.74) is 4.43. The Balaban J connectivity index is 2.18. The number of benzene rings is 2. The summed E-state index contributed by atoms with van der Waals surface area (Å²) in [5.74, 6) is 0.721. The number of ether oxygens (including phenoxy) is 1. The van der Waals surface area contributed by atoms with Gasteiger partial charge < -0.3 is 9.72 Å². The van der Waals surface area contributed by atoms with E-state index in [0.717, 1.165) is 22.0 Å². The van der Waals surface area contributed by atoms with E-state index in [0.29, 0.717) is 16.9 Å². The second-order valence-corrected chi connectivity index (χ2v) is 5.29. The Labute approximate surface area is 123 Å². The van der Waals surface area contributed by atoms with Crippen molar-refractivity contribution in [2.75, 3.05) is 7.11 Å². The van der Waals surface area contributed by atoms with Crippen molar-refractivity contribution in [1.29, 1.82) is 0 Å². The molecule has 0 radical (unpaired) electrons. The Hall–Kier alpha value is -2.55. The fourth-order valence-corrected chi connectivity index (χ4v) is 2.76. The van der Waals surface area contributed by atoms with Crippen molar-refractivity contribution >= 4 is 16.7 Å². The molecule has 0 unspecified atom stereocenters. The normalized spacial score (nSPS) is 10.8. The number of methoxy groups -OCH3 is 1. The van der Waals surface area contributed by atoms with Crippen molar-refractivity contribution in [3.63, 3.8) is 0 Å². The number of ketones is 1. The Morgan fingerprint density at radius 1 is 1.10 bits per heavy atom. The van der Waals surface area contributed by atoms with Crippen LogP contribution in [0.3, 0.4) is 0 Å². The summed E-state index contributed by atoms with van der Waals surface area (Å²) in [6.45, 7) is 4.00. The van der Waals surface area contributed by atoms with E-state index >= 15 is 0 Å². The van der Waals surface area contributed by atoms with Crippen LogP contribution in [0.15, 0.2) is 42.6 Å². The molecular formula is C18H17NO2. The number of aryl methyl sites for hydroxylation is 2. The fraction of sp³-hybridized carbons (Fsp3) is 0.167. The van der Waals surface area contributed by atoms with Gasteiger partial charge in [0.1, 0.15) is 5.75 Å². The lowest BCUT2D eigenvalue weighted by atomic mass is 9.99. The first-order valence-corrected chi connectivity index (χ1v) is 6.87. The van der Waals surface area contributed by atoms with Crippen LogP contribution in [-0.4, -0.2) is 17.9 Å². The molecule has 1 heterocycles. The van der Waals surface area contributed by atoms with Gasteiger partial charge in [-0.25, -0.2) is 0 Å². The lowest BCUT2D eigenvalue weighted by Gasteiger charge is -2.06. The molecule has 21 heavy (non-hydrogen) atoms. The van der Waals surface area contributed by atoms with Gasteiger partial charge in [-0.3, -0.25) is 4.79 Å². The molecule has 0 saturated heterocycles. The zero-order valence-corrected chi connectivity index (χ0v) is 12.4. The van der Waals surface area contributed by atoms with E-state index in [1.54, 1.807) is 13.3 Å². The van der Waals surface area contributed by atoms with Gasteiger partial charge in [0, 0.05) is 17.3 Å². The topological polar surface area (TPSA) is 42.1 Å². The molecule has 3 aromatic rings. The minimum absolute atomic E-state index is 0.0116. The van der Waals surface area contributed by atoms with Crippen molar-refractivity contribution in [2.45, 2.75) is 13.8 Å². The van der Waals surface area contributed by atoms with Gasteiger partial charge in [-0.15, -0.1) is 0 Å². The quantitative estimate of drug-likeness (QED) is 0.736. The lowest BCUT2D eigenvalue weighted by molar-refractivity contribution is 0.104. The zero-order valence-electron chi connectivity index (χ0n) is 12.4. The van der Waals surface area contributed by atoms with Gasteiger partial charge in [0.05, 0.1) is 18.1 Å². The van der Waals surface area contributed by atoms with Crippen LogP contribution in [0.5, 0.6) is 5.75 Å². The first-order valence-electron chi connectivity index (χ1n) is 6.87. The maximum atomic E-state index is 12.8. The number of fused-ring (bicyclic) bond motifs is 1. The molecule has 3 rings (SSSR count). The lowest BCUT2D eigenvalue weighted by Crippen LogP contribution is -2.02. The maximum Gasteiger partial charge on any atom is 0.195 e. The summed E-state index contributed by atoms with van der Waals surface area (Å²) < 4.78 is 5.39. The Morgan fingerprint density at radius 2 is 1.81 bits per heavy atom. The third kappa shape index (κ3) is 2.31. The number of aromatic nitrogens is 1. The Kier molecular flexibility index (Phi) is 3.26. The highest BCUT2D eigenvalue weighted by atomic mass is 16.5. The van der Waals surface area contributed by atoms with Gasteiger partial charge in [-0.1, -0.05) is 23.3 Å². The summed E-state index contributed by atoms with van der Waals surface area (Å²) in [5, 5.41) is 0.837. The van der Waals surface area contributed by atoms with Gasteiger partial charge in [-0.2, -0.15) is 0 Å². The molecule has 1 aromatic heterocycles. The smallest absolute Gasteiger partial charge is 0.195 e. The highest BCUT2D eigenvalue weighted by molar-refractivity contribution is 6.17. The van der Waals surface area contributed by atoms with E-state index in [2.05, 4.69) is 11.1 Å². The molecule has 0 atom stereocenters. The predicted molar refractivity (Wildman–Crippen MR) is 84.2 cm³/mol. The first kappa shape index (κ1) is 13.4. The molecule has 0 bridgehead atoms. The molecule has 2 aromatic carbocycles. The molecule has 106 valence electrons. The molecule has 1 N–H and O–H groups in total. The maximum absolute atomic E-state index is 12.8. The van der Waals surface area contributed by atoms with Crippen molar-refractivity contribution in [1.82, 2.24) is 4.98 Å². The van der Waals surface area contributed by atoms with Crippen LogP contribution in [0.2, 0.25) is 0 Å². The van der Waals surface area contributed by atoms with Crippen molar-refractivity contribution in [3.8, 4) is 5.75 Å². The van der Waals surface area contributed by atoms with E-state index < -0.39 is 0 Å². The van der Waals surface area contributed by atoms with Crippen molar-refractivity contribution in [2.24, 2.45) is 0 Å². The third-order valence-electron chi connectivity index (χ3n) is 3.62. The van der Waals surface area contributed by atoms with E-state index in [9.17, 15) is 4.79 Å². The molecule has 0 aliphatic heterocycles. The SMILES string of the molecule is COc1cccc2[nH]cc(C(=O)c3cc(C)cc(C)c3)c12. The monoisotopic (exact) mass is 279 g/mol. The fourth-order valence-electron chi connectivity index (χ4n) is 2.76. The average Bonchev–Trinajstić information content (AvgIpc) is 2.89. The second kappa shape index (κ2) is 5.09. The third-order valence-corrected chi connectivity index (χ3v) is 3.62. The number of H-pyrrole nitrogens is 1. The van der Waals surface area contributed by atoms with E-state index in [4.69, 9.17) is 4.74 Å². The number of hydrogen-bond donors (Lipinski definition) is 1. The van der Waals surface area contributed by atoms with Crippen LogP contribution in [0.25, 0.3) is 10.9 Å². The van der Waals surface area contributed by atoms with Crippen LogP contribution in [0, 0.1) is 13.8 Å². The van der Waals surface area contributed by atoms with Gasteiger partial charge in [0.2, 0.25) is 0 Å². The molecular weight excluding hydrogens is 262 g/mol. The number of aromatic amines is 1. The summed E-state index contributed by atoms with van der Waals surface area (Å²) in [4.78, 5) is 16.0. The van der Waals surface area contributed by atoms with Crippen molar-refractivity contribution in [3.05, 3.63) is 64.8 Å². The van der Waals surface area contributed by atoms with Crippen LogP contribution >= 0.6 is 0 Å². The highest BCUT2D eigenvalue weighted by Gasteiger charge is 2.17. The number of hydrogen-bond acceptors (Lipinski definition) is 2. The molecule has 3 heteroatoms. The number of nitrogens with one attached hydrogen (secondary N) is 1.